The Kier molecular flexibility index (Phi) is 9.11. The van der Waals surface area contributed by atoms with Crippen LogP contribution in [-0.2, 0) is 4.74 Å². The lowest BCUT2D eigenvalue weighted by Crippen LogP contribution is -2.33. The van der Waals surface area contributed by atoms with Crippen molar-refractivity contribution in [3.05, 3.63) is 30.3 Å². The summed E-state index contributed by atoms with van der Waals surface area (Å²) < 4.78 is 5.52. The second-order valence-corrected chi connectivity index (χ2v) is 4.63. The van der Waals surface area contributed by atoms with Crippen molar-refractivity contribution in [1.29, 1.82) is 0 Å². The summed E-state index contributed by atoms with van der Waals surface area (Å²) in [6, 6.07) is 10.6. The Hall–Kier alpha value is -1.06. The average molecular weight is 264 g/mol. The molecule has 0 spiro atoms. The predicted octanol–water partition coefficient (Wildman–Crippen LogP) is 2.92. The summed E-state index contributed by atoms with van der Waals surface area (Å²) >= 11 is 0. The highest BCUT2D eigenvalue weighted by Crippen LogP contribution is 2.11. The van der Waals surface area contributed by atoms with Gasteiger partial charge in [-0.2, -0.15) is 0 Å². The molecule has 0 unspecified atom stereocenters. The third-order valence-corrected chi connectivity index (χ3v) is 3.13. The summed E-state index contributed by atoms with van der Waals surface area (Å²) in [7, 11) is 0. The van der Waals surface area contributed by atoms with Crippen molar-refractivity contribution in [3.8, 4) is 0 Å². The van der Waals surface area contributed by atoms with E-state index in [1.807, 2.05) is 0 Å². The van der Waals surface area contributed by atoms with Crippen molar-refractivity contribution in [3.63, 3.8) is 0 Å². The summed E-state index contributed by atoms with van der Waals surface area (Å²) in [6.07, 6.45) is 2.37. The molecular weight excluding hydrogens is 236 g/mol. The second kappa shape index (κ2) is 10.8. The van der Waals surface area contributed by atoms with E-state index in [1.165, 1.54) is 12.1 Å². The minimum Gasteiger partial charge on any atom is -0.380 e. The minimum absolute atomic E-state index is 0.817. The van der Waals surface area contributed by atoms with Crippen LogP contribution >= 0.6 is 0 Å². The molecule has 0 aliphatic rings. The first-order valence-electron chi connectivity index (χ1n) is 7.47. The lowest BCUT2D eigenvalue weighted by Gasteiger charge is -2.23. The van der Waals surface area contributed by atoms with Crippen molar-refractivity contribution in [1.82, 2.24) is 5.32 Å². The molecule has 3 heteroatoms. The van der Waals surface area contributed by atoms with Gasteiger partial charge in [-0.15, -0.1) is 0 Å². The van der Waals surface area contributed by atoms with E-state index in [-0.39, 0.29) is 0 Å². The van der Waals surface area contributed by atoms with Gasteiger partial charge >= 0.3 is 0 Å². The van der Waals surface area contributed by atoms with Crippen LogP contribution < -0.4 is 10.2 Å². The Labute approximate surface area is 118 Å². The van der Waals surface area contributed by atoms with E-state index >= 15 is 0 Å². The Morgan fingerprint density at radius 3 is 2.53 bits per heavy atom. The van der Waals surface area contributed by atoms with Gasteiger partial charge < -0.3 is 15.0 Å². The van der Waals surface area contributed by atoms with Crippen LogP contribution in [0.1, 0.15) is 26.7 Å². The molecule has 0 aromatic heterocycles. The first-order chi connectivity index (χ1) is 9.38. The van der Waals surface area contributed by atoms with Crippen molar-refractivity contribution in [2.75, 3.05) is 44.3 Å². The largest absolute Gasteiger partial charge is 0.380 e. The summed E-state index contributed by atoms with van der Waals surface area (Å²) in [5.41, 5.74) is 1.30. The van der Waals surface area contributed by atoms with Gasteiger partial charge in [0, 0.05) is 38.5 Å². The van der Waals surface area contributed by atoms with Crippen LogP contribution in [0.25, 0.3) is 0 Å². The second-order valence-electron chi connectivity index (χ2n) is 4.63. The third-order valence-electron chi connectivity index (χ3n) is 3.13. The topological polar surface area (TPSA) is 24.5 Å². The highest BCUT2D eigenvalue weighted by Gasteiger charge is 2.01. The van der Waals surface area contributed by atoms with E-state index in [1.54, 1.807) is 0 Å². The number of anilines is 1. The summed E-state index contributed by atoms with van der Waals surface area (Å²) in [5.74, 6) is 0. The van der Waals surface area contributed by atoms with Crippen LogP contribution in [0.3, 0.4) is 0 Å². The number of hydrogen-bond donors (Lipinski definition) is 1. The van der Waals surface area contributed by atoms with E-state index in [0.717, 1.165) is 45.8 Å². The van der Waals surface area contributed by atoms with Crippen molar-refractivity contribution in [2.45, 2.75) is 26.7 Å². The van der Waals surface area contributed by atoms with Crippen LogP contribution in [0.2, 0.25) is 0 Å². The number of nitrogens with one attached hydrogen (secondary N) is 1. The standard InChI is InChI=1S/C16H28N2O/c1-3-5-14-19-15-12-17-11-13-18(4-2)16-9-7-6-8-10-16/h6-10,17H,3-5,11-15H2,1-2H3. The molecule has 1 N–H and O–H groups in total. The van der Waals surface area contributed by atoms with Crippen LogP contribution in [0.5, 0.6) is 0 Å². The van der Waals surface area contributed by atoms with Gasteiger partial charge in [0.25, 0.3) is 0 Å². The van der Waals surface area contributed by atoms with Gasteiger partial charge in [-0.1, -0.05) is 31.5 Å². The molecule has 0 aliphatic heterocycles. The monoisotopic (exact) mass is 264 g/mol. The minimum atomic E-state index is 0.817. The maximum Gasteiger partial charge on any atom is 0.0590 e. The average Bonchev–Trinajstić information content (AvgIpc) is 2.47. The van der Waals surface area contributed by atoms with E-state index in [2.05, 4.69) is 54.4 Å². The molecule has 1 rings (SSSR count). The lowest BCUT2D eigenvalue weighted by atomic mass is 10.3. The van der Waals surface area contributed by atoms with Crippen LogP contribution in [-0.4, -0.2) is 39.4 Å². The van der Waals surface area contributed by atoms with Crippen LogP contribution in [0.15, 0.2) is 30.3 Å². The van der Waals surface area contributed by atoms with Gasteiger partial charge in [-0.3, -0.25) is 0 Å². The highest BCUT2D eigenvalue weighted by atomic mass is 16.5. The zero-order valence-electron chi connectivity index (χ0n) is 12.4. The van der Waals surface area contributed by atoms with E-state index in [9.17, 15) is 0 Å². The molecule has 0 heterocycles. The molecule has 0 fully saturated rings. The van der Waals surface area contributed by atoms with Gasteiger partial charge in [0.05, 0.1) is 6.61 Å². The maximum atomic E-state index is 5.52. The van der Waals surface area contributed by atoms with E-state index < -0.39 is 0 Å². The normalized spacial score (nSPS) is 10.6. The zero-order chi connectivity index (χ0) is 13.8. The maximum absolute atomic E-state index is 5.52. The lowest BCUT2D eigenvalue weighted by molar-refractivity contribution is 0.133. The fourth-order valence-corrected chi connectivity index (χ4v) is 1.94. The smallest absolute Gasteiger partial charge is 0.0590 e. The van der Waals surface area contributed by atoms with Gasteiger partial charge in [-0.25, -0.2) is 0 Å². The Morgan fingerprint density at radius 1 is 1.05 bits per heavy atom. The number of rotatable bonds is 11. The molecule has 0 amide bonds. The number of hydrogen-bond acceptors (Lipinski definition) is 3. The molecule has 0 bridgehead atoms. The molecule has 1 aromatic rings. The van der Waals surface area contributed by atoms with Crippen molar-refractivity contribution >= 4 is 5.69 Å². The Bertz CT molecular complexity index is 303. The van der Waals surface area contributed by atoms with Crippen LogP contribution in [0.4, 0.5) is 5.69 Å². The number of unbranched alkanes of at least 4 members (excludes halogenated alkanes) is 1. The van der Waals surface area contributed by atoms with E-state index in [0.29, 0.717) is 0 Å². The molecule has 0 aliphatic carbocycles. The van der Waals surface area contributed by atoms with Crippen LogP contribution in [0, 0.1) is 0 Å². The molecule has 3 nitrogen and oxygen atoms in total. The number of para-hydroxylation sites is 1. The zero-order valence-corrected chi connectivity index (χ0v) is 12.4. The summed E-state index contributed by atoms with van der Waals surface area (Å²) in [5, 5.41) is 3.43. The molecule has 1 aromatic carbocycles. The first-order valence-corrected chi connectivity index (χ1v) is 7.47. The molecule has 19 heavy (non-hydrogen) atoms. The Morgan fingerprint density at radius 2 is 1.84 bits per heavy atom. The van der Waals surface area contributed by atoms with Crippen molar-refractivity contribution < 1.29 is 4.74 Å². The Balaban J connectivity index is 2.07. The number of nitrogens with zero attached hydrogens (tertiary/aromatic N) is 1. The molecule has 108 valence electrons. The SMILES string of the molecule is CCCCOCCNCCN(CC)c1ccccc1. The fourth-order valence-electron chi connectivity index (χ4n) is 1.94. The highest BCUT2D eigenvalue weighted by molar-refractivity contribution is 5.45. The molecule has 0 saturated heterocycles. The first kappa shape index (κ1) is 16.0. The van der Waals surface area contributed by atoms with Gasteiger partial charge in [-0.05, 0) is 25.5 Å². The van der Waals surface area contributed by atoms with E-state index in [4.69, 9.17) is 4.74 Å². The molecular formula is C16H28N2O. The number of benzene rings is 1. The quantitative estimate of drug-likeness (QED) is 0.622. The summed E-state index contributed by atoms with van der Waals surface area (Å²) in [6.45, 7) is 10.1. The van der Waals surface area contributed by atoms with Gasteiger partial charge in [0.15, 0.2) is 0 Å². The number of likely N-dealkylation sites (N-methyl/N-ethyl adjacent to an activating group) is 1. The third kappa shape index (κ3) is 7.19. The predicted molar refractivity (Wildman–Crippen MR) is 82.9 cm³/mol. The molecule has 0 radical (unpaired) electrons. The number of ether oxygens (including phenoxy) is 1. The summed E-state index contributed by atoms with van der Waals surface area (Å²) in [4.78, 5) is 2.38. The van der Waals surface area contributed by atoms with Crippen molar-refractivity contribution in [2.24, 2.45) is 0 Å². The molecule has 0 saturated carbocycles. The van der Waals surface area contributed by atoms with Gasteiger partial charge in [0.2, 0.25) is 0 Å². The fraction of sp³-hybridized carbons (Fsp3) is 0.625. The van der Waals surface area contributed by atoms with Gasteiger partial charge in [0.1, 0.15) is 0 Å². The molecule has 0 atom stereocenters.